The molecule has 0 heterocycles. The number of benzene rings is 3. The molecule has 6 heteroatoms. The molecule has 28 heavy (non-hydrogen) atoms. The third-order valence-electron chi connectivity index (χ3n) is 4.02. The lowest BCUT2D eigenvalue weighted by atomic mass is 10.1. The van der Waals surface area contributed by atoms with Gasteiger partial charge in [0.25, 0.3) is 5.91 Å². The summed E-state index contributed by atoms with van der Waals surface area (Å²) in [5.74, 6) is 0.472. The Bertz CT molecular complexity index is 981. The van der Waals surface area contributed by atoms with Crippen LogP contribution < -0.4 is 10.2 Å². The number of halogens is 2. The van der Waals surface area contributed by atoms with E-state index in [1.165, 1.54) is 0 Å². The lowest BCUT2D eigenvalue weighted by Crippen LogP contribution is -2.18. The first-order valence-electron chi connectivity index (χ1n) is 8.59. The van der Waals surface area contributed by atoms with Gasteiger partial charge in [-0.3, -0.25) is 4.79 Å². The third kappa shape index (κ3) is 5.30. The van der Waals surface area contributed by atoms with Gasteiger partial charge in [0.1, 0.15) is 12.4 Å². The topological polar surface area (TPSA) is 50.7 Å². The average Bonchev–Trinajstić information content (AvgIpc) is 2.68. The van der Waals surface area contributed by atoms with E-state index in [1.54, 1.807) is 12.3 Å². The summed E-state index contributed by atoms with van der Waals surface area (Å²) in [6, 6.07) is 21.1. The molecule has 3 aromatic carbocycles. The van der Waals surface area contributed by atoms with Crippen LogP contribution in [0.3, 0.4) is 0 Å². The largest absolute Gasteiger partial charge is 0.487 e. The van der Waals surface area contributed by atoms with Crippen molar-refractivity contribution in [2.24, 2.45) is 5.10 Å². The first kappa shape index (κ1) is 20.3. The zero-order valence-electron chi connectivity index (χ0n) is 15.2. The molecular formula is C22H18Br2N2O2. The number of hydrogen-bond acceptors (Lipinski definition) is 3. The number of carbonyl (C=O) groups excluding carboxylic acids is 1. The molecule has 3 rings (SSSR count). The molecule has 0 aliphatic rings. The van der Waals surface area contributed by atoms with Gasteiger partial charge in [-0.1, -0.05) is 48.5 Å². The molecule has 1 N–H and O–H groups in total. The summed E-state index contributed by atoms with van der Waals surface area (Å²) in [4.78, 5) is 12.2. The number of hydrazone groups is 1. The monoisotopic (exact) mass is 500 g/mol. The van der Waals surface area contributed by atoms with Crippen LogP contribution in [0.4, 0.5) is 0 Å². The maximum atomic E-state index is 12.2. The van der Waals surface area contributed by atoms with Crippen molar-refractivity contribution in [3.05, 3.63) is 97.9 Å². The molecular weight excluding hydrogens is 484 g/mol. The molecule has 0 aliphatic carbocycles. The van der Waals surface area contributed by atoms with E-state index in [1.807, 2.05) is 67.6 Å². The summed E-state index contributed by atoms with van der Waals surface area (Å²) in [5, 5.41) is 4.06. The Labute approximate surface area is 180 Å². The van der Waals surface area contributed by atoms with Gasteiger partial charge in [-0.15, -0.1) is 0 Å². The predicted octanol–water partition coefficient (Wildman–Crippen LogP) is 5.86. The molecule has 0 spiro atoms. The maximum Gasteiger partial charge on any atom is 0.271 e. The Hall–Kier alpha value is -2.44. The molecule has 0 saturated carbocycles. The van der Waals surface area contributed by atoms with E-state index >= 15 is 0 Å². The fraction of sp³-hybridized carbons (Fsp3) is 0.0909. The SMILES string of the molecule is Cc1ccccc1C(=O)N/N=C/c1cc(Br)c(OCc2ccccc2)c(Br)c1. The quantitative estimate of drug-likeness (QED) is 0.339. The van der Waals surface area contributed by atoms with Gasteiger partial charge in [0, 0.05) is 5.56 Å². The molecule has 0 unspecified atom stereocenters. The number of rotatable bonds is 6. The minimum absolute atomic E-state index is 0.240. The summed E-state index contributed by atoms with van der Waals surface area (Å²) >= 11 is 7.07. The summed E-state index contributed by atoms with van der Waals surface area (Å²) in [5.41, 5.74) is 5.97. The van der Waals surface area contributed by atoms with Crippen LogP contribution in [0.15, 0.2) is 80.8 Å². The normalized spacial score (nSPS) is 10.8. The summed E-state index contributed by atoms with van der Waals surface area (Å²) in [6.07, 6.45) is 1.59. The summed E-state index contributed by atoms with van der Waals surface area (Å²) in [7, 11) is 0. The maximum absolute atomic E-state index is 12.2. The van der Waals surface area contributed by atoms with Gasteiger partial charge in [0.15, 0.2) is 0 Å². The molecule has 4 nitrogen and oxygen atoms in total. The van der Waals surface area contributed by atoms with Gasteiger partial charge in [-0.05, 0) is 73.7 Å². The fourth-order valence-electron chi connectivity index (χ4n) is 2.57. The third-order valence-corrected chi connectivity index (χ3v) is 5.19. The minimum Gasteiger partial charge on any atom is -0.487 e. The number of nitrogens with zero attached hydrogens (tertiary/aromatic N) is 1. The van der Waals surface area contributed by atoms with Crippen LogP contribution in [0.25, 0.3) is 0 Å². The number of ether oxygens (including phenoxy) is 1. The average molecular weight is 502 g/mol. The zero-order chi connectivity index (χ0) is 19.9. The Kier molecular flexibility index (Phi) is 7.01. The van der Waals surface area contributed by atoms with Gasteiger partial charge in [0.2, 0.25) is 0 Å². The summed E-state index contributed by atoms with van der Waals surface area (Å²) in [6.45, 7) is 2.36. The highest BCUT2D eigenvalue weighted by atomic mass is 79.9. The van der Waals surface area contributed by atoms with Crippen LogP contribution in [0, 0.1) is 6.92 Å². The van der Waals surface area contributed by atoms with Crippen LogP contribution in [-0.4, -0.2) is 12.1 Å². The molecule has 0 bridgehead atoms. The van der Waals surface area contributed by atoms with Gasteiger partial charge in [0.05, 0.1) is 15.2 Å². The smallest absolute Gasteiger partial charge is 0.271 e. The van der Waals surface area contributed by atoms with Gasteiger partial charge in [-0.25, -0.2) is 5.43 Å². The van der Waals surface area contributed by atoms with Gasteiger partial charge < -0.3 is 4.74 Å². The Morgan fingerprint density at radius 1 is 1.04 bits per heavy atom. The number of carbonyl (C=O) groups is 1. The zero-order valence-corrected chi connectivity index (χ0v) is 18.3. The van der Waals surface area contributed by atoms with E-state index in [4.69, 9.17) is 4.74 Å². The first-order chi connectivity index (χ1) is 13.5. The molecule has 142 valence electrons. The highest BCUT2D eigenvalue weighted by molar-refractivity contribution is 9.11. The van der Waals surface area contributed by atoms with Crippen LogP contribution in [-0.2, 0) is 6.61 Å². The summed E-state index contributed by atoms with van der Waals surface area (Å²) < 4.78 is 7.51. The lowest BCUT2D eigenvalue weighted by molar-refractivity contribution is 0.0954. The second-order valence-electron chi connectivity index (χ2n) is 6.10. The molecule has 0 fully saturated rings. The molecule has 0 radical (unpaired) electrons. The van der Waals surface area contributed by atoms with Gasteiger partial charge >= 0.3 is 0 Å². The van der Waals surface area contributed by atoms with Crippen molar-refractivity contribution in [2.75, 3.05) is 0 Å². The molecule has 1 amide bonds. The van der Waals surface area contributed by atoms with Crippen molar-refractivity contribution < 1.29 is 9.53 Å². The lowest BCUT2D eigenvalue weighted by Gasteiger charge is -2.11. The molecule has 0 aliphatic heterocycles. The Balaban J connectivity index is 1.66. The predicted molar refractivity (Wildman–Crippen MR) is 119 cm³/mol. The number of aryl methyl sites for hydroxylation is 1. The standard InChI is InChI=1S/C22H18Br2N2O2/c1-15-7-5-6-10-18(15)22(27)26-25-13-17-11-19(23)21(20(24)12-17)28-14-16-8-3-2-4-9-16/h2-13H,14H2,1H3,(H,26,27)/b25-13+. The van der Waals surface area contributed by atoms with Crippen molar-refractivity contribution in [2.45, 2.75) is 13.5 Å². The molecule has 0 saturated heterocycles. The van der Waals surface area contributed by atoms with Crippen molar-refractivity contribution in [1.29, 1.82) is 0 Å². The Morgan fingerprint density at radius 2 is 1.68 bits per heavy atom. The van der Waals surface area contributed by atoms with E-state index in [9.17, 15) is 4.79 Å². The first-order valence-corrected chi connectivity index (χ1v) is 10.2. The number of amides is 1. The van der Waals surface area contributed by atoms with Gasteiger partial charge in [-0.2, -0.15) is 5.10 Å². The van der Waals surface area contributed by atoms with Crippen LogP contribution in [0.1, 0.15) is 27.0 Å². The van der Waals surface area contributed by atoms with Crippen molar-refractivity contribution in [1.82, 2.24) is 5.43 Å². The Morgan fingerprint density at radius 3 is 2.36 bits per heavy atom. The van der Waals surface area contributed by atoms with Crippen molar-refractivity contribution >= 4 is 44.0 Å². The fourth-order valence-corrected chi connectivity index (χ4v) is 4.03. The van der Waals surface area contributed by atoms with Crippen molar-refractivity contribution in [3.63, 3.8) is 0 Å². The molecule has 0 aromatic heterocycles. The van der Waals surface area contributed by atoms with Crippen LogP contribution in [0.2, 0.25) is 0 Å². The van der Waals surface area contributed by atoms with E-state index in [2.05, 4.69) is 42.4 Å². The van der Waals surface area contributed by atoms with Crippen molar-refractivity contribution in [3.8, 4) is 5.75 Å². The second kappa shape index (κ2) is 9.66. The highest BCUT2D eigenvalue weighted by Crippen LogP contribution is 2.35. The van der Waals surface area contributed by atoms with E-state index in [0.29, 0.717) is 17.9 Å². The van der Waals surface area contributed by atoms with E-state index < -0.39 is 0 Å². The number of hydrogen-bond donors (Lipinski definition) is 1. The minimum atomic E-state index is -0.240. The number of nitrogens with one attached hydrogen (secondary N) is 1. The van der Waals surface area contributed by atoms with E-state index in [-0.39, 0.29) is 5.91 Å². The van der Waals surface area contributed by atoms with Crippen LogP contribution >= 0.6 is 31.9 Å². The molecule has 0 atom stereocenters. The van der Waals surface area contributed by atoms with Crippen LogP contribution in [0.5, 0.6) is 5.75 Å². The second-order valence-corrected chi connectivity index (χ2v) is 7.81. The van der Waals surface area contributed by atoms with E-state index in [0.717, 1.165) is 25.6 Å². The molecule has 3 aromatic rings. The highest BCUT2D eigenvalue weighted by Gasteiger charge is 2.10.